The molecule has 0 rings (SSSR count). The summed E-state index contributed by atoms with van der Waals surface area (Å²) in [6, 6.07) is 0. The standard InChI is InChI=1S/C10H20N2O3S/c1-10(2,7-13)6-12-9(15)3-4-16-5-8(11)14/h13H,3-7H2,1-2H3,(H2,11,14)(H,12,15). The van der Waals surface area contributed by atoms with Crippen molar-refractivity contribution in [1.82, 2.24) is 5.32 Å². The summed E-state index contributed by atoms with van der Waals surface area (Å²) in [4.78, 5) is 21.7. The van der Waals surface area contributed by atoms with Gasteiger partial charge in [0.05, 0.1) is 5.75 Å². The number of rotatable bonds is 8. The van der Waals surface area contributed by atoms with Gasteiger partial charge in [0.2, 0.25) is 11.8 Å². The van der Waals surface area contributed by atoms with Crippen LogP contribution in [-0.2, 0) is 9.59 Å². The van der Waals surface area contributed by atoms with E-state index in [9.17, 15) is 9.59 Å². The number of amides is 2. The molecule has 0 radical (unpaired) electrons. The normalized spacial score (nSPS) is 11.2. The van der Waals surface area contributed by atoms with Gasteiger partial charge in [0.25, 0.3) is 0 Å². The zero-order valence-corrected chi connectivity index (χ0v) is 10.6. The van der Waals surface area contributed by atoms with Gasteiger partial charge in [-0.2, -0.15) is 11.8 Å². The van der Waals surface area contributed by atoms with Crippen LogP contribution in [0.1, 0.15) is 20.3 Å². The van der Waals surface area contributed by atoms with Crippen LogP contribution in [0.25, 0.3) is 0 Å². The molecule has 0 aliphatic rings. The van der Waals surface area contributed by atoms with Crippen molar-refractivity contribution in [3.05, 3.63) is 0 Å². The Balaban J connectivity index is 3.56. The number of hydrogen-bond donors (Lipinski definition) is 3. The summed E-state index contributed by atoms with van der Waals surface area (Å²) >= 11 is 1.34. The van der Waals surface area contributed by atoms with E-state index >= 15 is 0 Å². The summed E-state index contributed by atoms with van der Waals surface area (Å²) in [5.41, 5.74) is 4.66. The van der Waals surface area contributed by atoms with Crippen LogP contribution in [0.5, 0.6) is 0 Å². The Labute approximate surface area is 100 Å². The van der Waals surface area contributed by atoms with Crippen LogP contribution in [0.2, 0.25) is 0 Å². The number of primary amides is 1. The van der Waals surface area contributed by atoms with Crippen LogP contribution in [0.4, 0.5) is 0 Å². The van der Waals surface area contributed by atoms with Gasteiger partial charge < -0.3 is 16.2 Å². The third-order valence-electron chi connectivity index (χ3n) is 1.91. The van der Waals surface area contributed by atoms with Crippen LogP contribution in [0, 0.1) is 5.41 Å². The van der Waals surface area contributed by atoms with E-state index in [2.05, 4.69) is 5.32 Å². The molecule has 0 saturated heterocycles. The average molecular weight is 248 g/mol. The minimum atomic E-state index is -0.369. The highest BCUT2D eigenvalue weighted by Crippen LogP contribution is 2.11. The fourth-order valence-corrected chi connectivity index (χ4v) is 1.50. The number of carbonyl (C=O) groups is 2. The molecule has 0 atom stereocenters. The minimum Gasteiger partial charge on any atom is -0.396 e. The maximum Gasteiger partial charge on any atom is 0.227 e. The second kappa shape index (κ2) is 7.51. The van der Waals surface area contributed by atoms with Gasteiger partial charge in [-0.05, 0) is 0 Å². The molecule has 6 heteroatoms. The van der Waals surface area contributed by atoms with E-state index in [1.807, 2.05) is 13.8 Å². The predicted molar refractivity (Wildman–Crippen MR) is 65.0 cm³/mol. The molecule has 0 aromatic carbocycles. The molecular weight excluding hydrogens is 228 g/mol. The fourth-order valence-electron chi connectivity index (χ4n) is 0.820. The van der Waals surface area contributed by atoms with Gasteiger partial charge in [0.15, 0.2) is 0 Å². The number of aliphatic hydroxyl groups excluding tert-OH is 1. The number of carbonyl (C=O) groups excluding carboxylic acids is 2. The van der Waals surface area contributed by atoms with Crippen molar-refractivity contribution in [3.63, 3.8) is 0 Å². The van der Waals surface area contributed by atoms with Crippen molar-refractivity contribution in [3.8, 4) is 0 Å². The third kappa shape index (κ3) is 8.55. The molecule has 0 heterocycles. The van der Waals surface area contributed by atoms with E-state index in [0.717, 1.165) is 0 Å². The van der Waals surface area contributed by atoms with Crippen LogP contribution in [-0.4, -0.2) is 41.6 Å². The number of nitrogens with two attached hydrogens (primary N) is 1. The Kier molecular flexibility index (Phi) is 7.16. The van der Waals surface area contributed by atoms with Gasteiger partial charge in [-0.15, -0.1) is 0 Å². The minimum absolute atomic E-state index is 0.0315. The molecule has 0 unspecified atom stereocenters. The molecule has 0 fully saturated rings. The van der Waals surface area contributed by atoms with Gasteiger partial charge in [0.1, 0.15) is 0 Å². The summed E-state index contributed by atoms with van der Waals surface area (Å²) in [5.74, 6) is 0.384. The van der Waals surface area contributed by atoms with E-state index in [1.165, 1.54) is 11.8 Å². The van der Waals surface area contributed by atoms with Crippen molar-refractivity contribution >= 4 is 23.6 Å². The Morgan fingerprint density at radius 2 is 2.06 bits per heavy atom. The monoisotopic (exact) mass is 248 g/mol. The van der Waals surface area contributed by atoms with Crippen LogP contribution in [0.15, 0.2) is 0 Å². The van der Waals surface area contributed by atoms with Crippen molar-refractivity contribution in [2.45, 2.75) is 20.3 Å². The van der Waals surface area contributed by atoms with Crippen LogP contribution < -0.4 is 11.1 Å². The van der Waals surface area contributed by atoms with Gasteiger partial charge in [0, 0.05) is 30.7 Å². The van der Waals surface area contributed by atoms with Crippen molar-refractivity contribution in [2.24, 2.45) is 11.1 Å². The van der Waals surface area contributed by atoms with Crippen LogP contribution in [0.3, 0.4) is 0 Å². The number of thioether (sulfide) groups is 1. The van der Waals surface area contributed by atoms with E-state index in [-0.39, 0.29) is 29.6 Å². The molecule has 16 heavy (non-hydrogen) atoms. The molecule has 2 amide bonds. The van der Waals surface area contributed by atoms with Gasteiger partial charge in [-0.3, -0.25) is 9.59 Å². The largest absolute Gasteiger partial charge is 0.396 e. The van der Waals surface area contributed by atoms with E-state index in [4.69, 9.17) is 10.8 Å². The highest BCUT2D eigenvalue weighted by Gasteiger charge is 2.17. The molecule has 94 valence electrons. The van der Waals surface area contributed by atoms with Gasteiger partial charge in [-0.1, -0.05) is 13.8 Å². The first-order valence-electron chi connectivity index (χ1n) is 5.11. The summed E-state index contributed by atoms with van der Waals surface area (Å²) in [6.45, 7) is 4.22. The van der Waals surface area contributed by atoms with Crippen LogP contribution >= 0.6 is 11.8 Å². The zero-order valence-electron chi connectivity index (χ0n) is 9.78. The van der Waals surface area contributed by atoms with Gasteiger partial charge >= 0.3 is 0 Å². The quantitative estimate of drug-likeness (QED) is 0.516. The first-order chi connectivity index (χ1) is 7.37. The first-order valence-corrected chi connectivity index (χ1v) is 6.26. The molecule has 0 spiro atoms. The topological polar surface area (TPSA) is 92.4 Å². The Morgan fingerprint density at radius 3 is 2.56 bits per heavy atom. The highest BCUT2D eigenvalue weighted by molar-refractivity contribution is 7.99. The third-order valence-corrected chi connectivity index (χ3v) is 2.89. The lowest BCUT2D eigenvalue weighted by molar-refractivity contribution is -0.121. The van der Waals surface area contributed by atoms with E-state index in [1.54, 1.807) is 0 Å². The smallest absolute Gasteiger partial charge is 0.227 e. The lowest BCUT2D eigenvalue weighted by Crippen LogP contribution is -2.36. The SMILES string of the molecule is CC(C)(CO)CNC(=O)CCSCC(N)=O. The first kappa shape index (κ1) is 15.2. The Hall–Kier alpha value is -0.750. The van der Waals surface area contributed by atoms with E-state index < -0.39 is 0 Å². The molecule has 5 nitrogen and oxygen atoms in total. The second-order valence-electron chi connectivity index (χ2n) is 4.37. The number of nitrogens with one attached hydrogen (secondary N) is 1. The van der Waals surface area contributed by atoms with Gasteiger partial charge in [-0.25, -0.2) is 0 Å². The maximum atomic E-state index is 11.3. The Bertz CT molecular complexity index is 244. The average Bonchev–Trinajstić information content (AvgIpc) is 2.21. The van der Waals surface area contributed by atoms with E-state index in [0.29, 0.717) is 18.7 Å². The lowest BCUT2D eigenvalue weighted by atomic mass is 9.95. The molecule has 0 aromatic rings. The Morgan fingerprint density at radius 1 is 1.44 bits per heavy atom. The summed E-state index contributed by atoms with van der Waals surface area (Å²) in [5, 5.41) is 11.7. The summed E-state index contributed by atoms with van der Waals surface area (Å²) in [6.07, 6.45) is 0.361. The summed E-state index contributed by atoms with van der Waals surface area (Å²) in [7, 11) is 0. The maximum absolute atomic E-state index is 11.3. The fraction of sp³-hybridized carbons (Fsp3) is 0.800. The number of hydrogen-bond acceptors (Lipinski definition) is 4. The second-order valence-corrected chi connectivity index (χ2v) is 5.47. The predicted octanol–water partition coefficient (Wildman–Crippen LogP) is -0.270. The molecule has 0 bridgehead atoms. The summed E-state index contributed by atoms with van der Waals surface area (Å²) < 4.78 is 0. The highest BCUT2D eigenvalue weighted by atomic mass is 32.2. The van der Waals surface area contributed by atoms with Crippen molar-refractivity contribution < 1.29 is 14.7 Å². The molecular formula is C10H20N2O3S. The number of aliphatic hydroxyl groups is 1. The molecule has 4 N–H and O–H groups in total. The van der Waals surface area contributed by atoms with Crippen molar-refractivity contribution in [1.29, 1.82) is 0 Å². The zero-order chi connectivity index (χ0) is 12.6. The lowest BCUT2D eigenvalue weighted by Gasteiger charge is -2.21. The molecule has 0 aliphatic carbocycles. The molecule has 0 aromatic heterocycles. The van der Waals surface area contributed by atoms with Crippen molar-refractivity contribution in [2.75, 3.05) is 24.7 Å². The molecule has 0 aliphatic heterocycles. The molecule has 0 saturated carbocycles.